The topological polar surface area (TPSA) is 26.3 Å². The van der Waals surface area contributed by atoms with Crippen molar-refractivity contribution in [1.29, 1.82) is 0 Å². The number of hydrogen-bond acceptors (Lipinski definition) is 2. The molecule has 3 heteroatoms. The zero-order chi connectivity index (χ0) is 15.8. The van der Waals surface area contributed by atoms with Crippen LogP contribution in [0.15, 0.2) is 0 Å². The summed E-state index contributed by atoms with van der Waals surface area (Å²) in [6, 6.07) is 0. The molecule has 0 amide bonds. The van der Waals surface area contributed by atoms with Gasteiger partial charge in [0, 0.05) is 12.3 Å². The van der Waals surface area contributed by atoms with Crippen LogP contribution in [0.5, 0.6) is 0 Å². The highest BCUT2D eigenvalue weighted by Crippen LogP contribution is 2.15. The predicted octanol–water partition coefficient (Wildman–Crippen LogP) is 6.25. The summed E-state index contributed by atoms with van der Waals surface area (Å²) in [7, 11) is 0. The number of halogens is 1. The molecule has 2 nitrogen and oxygen atoms in total. The van der Waals surface area contributed by atoms with E-state index in [1.54, 1.807) is 0 Å². The van der Waals surface area contributed by atoms with Crippen LogP contribution in [0.25, 0.3) is 0 Å². The minimum absolute atomic E-state index is 0.0403. The van der Waals surface area contributed by atoms with Crippen LogP contribution in [0.2, 0.25) is 0 Å². The minimum atomic E-state index is -0.0403. The first kappa shape index (κ1) is 20.8. The lowest BCUT2D eigenvalue weighted by atomic mass is 10.0. The van der Waals surface area contributed by atoms with Crippen molar-refractivity contribution in [2.75, 3.05) is 5.88 Å². The molecule has 0 rings (SSSR count). The standard InChI is InChI=1S/C18H35ClO2/c1-3-5-6-7-8-9-10-14-17(13-4-2)21-18(20)15-11-12-16-19/h17H,3-16H2,1-2H3. The maximum absolute atomic E-state index is 11.7. The number of alkyl halides is 1. The van der Waals surface area contributed by atoms with E-state index in [0.29, 0.717) is 12.3 Å². The molecule has 0 bridgehead atoms. The molecule has 0 aliphatic carbocycles. The first-order valence-electron chi connectivity index (χ1n) is 9.00. The van der Waals surface area contributed by atoms with Gasteiger partial charge < -0.3 is 4.74 Å². The Morgan fingerprint density at radius 2 is 1.52 bits per heavy atom. The average Bonchev–Trinajstić information content (AvgIpc) is 2.46. The summed E-state index contributed by atoms with van der Waals surface area (Å²) in [4.78, 5) is 11.7. The van der Waals surface area contributed by atoms with Gasteiger partial charge in [0.25, 0.3) is 0 Å². The lowest BCUT2D eigenvalue weighted by molar-refractivity contribution is -0.149. The average molecular weight is 319 g/mol. The van der Waals surface area contributed by atoms with Gasteiger partial charge in [-0.2, -0.15) is 0 Å². The highest BCUT2D eigenvalue weighted by Gasteiger charge is 2.13. The van der Waals surface area contributed by atoms with Crippen LogP contribution in [0.3, 0.4) is 0 Å². The van der Waals surface area contributed by atoms with E-state index >= 15 is 0 Å². The number of unbranched alkanes of at least 4 members (excludes halogenated alkanes) is 7. The fourth-order valence-corrected chi connectivity index (χ4v) is 2.71. The Labute approximate surface area is 137 Å². The molecule has 0 aromatic carbocycles. The molecule has 0 aliphatic rings. The highest BCUT2D eigenvalue weighted by molar-refractivity contribution is 6.17. The molecule has 0 fully saturated rings. The quantitative estimate of drug-likeness (QED) is 0.203. The van der Waals surface area contributed by atoms with E-state index in [1.807, 2.05) is 0 Å². The van der Waals surface area contributed by atoms with Crippen molar-refractivity contribution in [3.63, 3.8) is 0 Å². The van der Waals surface area contributed by atoms with Gasteiger partial charge in [-0.05, 0) is 32.1 Å². The molecular formula is C18H35ClO2. The zero-order valence-corrected chi connectivity index (χ0v) is 14.9. The zero-order valence-electron chi connectivity index (χ0n) is 14.2. The summed E-state index contributed by atoms with van der Waals surface area (Å²) in [5.74, 6) is 0.588. The monoisotopic (exact) mass is 318 g/mol. The van der Waals surface area contributed by atoms with Gasteiger partial charge in [0.1, 0.15) is 6.10 Å². The molecule has 0 radical (unpaired) electrons. The van der Waals surface area contributed by atoms with Gasteiger partial charge in [0.15, 0.2) is 0 Å². The van der Waals surface area contributed by atoms with E-state index in [9.17, 15) is 4.79 Å². The summed E-state index contributed by atoms with van der Waals surface area (Å²) in [5, 5.41) is 0. The van der Waals surface area contributed by atoms with Crippen LogP contribution in [0.1, 0.15) is 97.3 Å². The van der Waals surface area contributed by atoms with Gasteiger partial charge in [0.05, 0.1) is 0 Å². The van der Waals surface area contributed by atoms with Gasteiger partial charge in [0.2, 0.25) is 0 Å². The lowest BCUT2D eigenvalue weighted by Gasteiger charge is -2.17. The Kier molecular flexibility index (Phi) is 16.0. The summed E-state index contributed by atoms with van der Waals surface area (Å²) in [6.45, 7) is 4.40. The molecular weight excluding hydrogens is 284 g/mol. The second-order valence-corrected chi connectivity index (χ2v) is 6.33. The summed E-state index contributed by atoms with van der Waals surface area (Å²) in [6.07, 6.45) is 14.7. The molecule has 0 spiro atoms. The van der Waals surface area contributed by atoms with Crippen molar-refractivity contribution in [2.24, 2.45) is 0 Å². The SMILES string of the molecule is CCCCCCCCCC(CCC)OC(=O)CCCCCl. The van der Waals surface area contributed by atoms with Gasteiger partial charge in [-0.15, -0.1) is 11.6 Å². The number of carbonyl (C=O) groups is 1. The Hall–Kier alpha value is -0.240. The molecule has 0 aliphatic heterocycles. The van der Waals surface area contributed by atoms with Crippen LogP contribution in [0.4, 0.5) is 0 Å². The molecule has 0 saturated carbocycles. The predicted molar refractivity (Wildman–Crippen MR) is 92.0 cm³/mol. The molecule has 1 unspecified atom stereocenters. The van der Waals surface area contributed by atoms with E-state index in [-0.39, 0.29) is 12.1 Å². The maximum atomic E-state index is 11.7. The molecule has 0 saturated heterocycles. The van der Waals surface area contributed by atoms with Crippen molar-refractivity contribution in [3.05, 3.63) is 0 Å². The van der Waals surface area contributed by atoms with Crippen molar-refractivity contribution in [1.82, 2.24) is 0 Å². The van der Waals surface area contributed by atoms with Crippen molar-refractivity contribution in [2.45, 2.75) is 103 Å². The van der Waals surface area contributed by atoms with Crippen molar-refractivity contribution in [3.8, 4) is 0 Å². The van der Waals surface area contributed by atoms with Gasteiger partial charge in [-0.3, -0.25) is 4.79 Å². The fourth-order valence-electron chi connectivity index (χ4n) is 2.52. The van der Waals surface area contributed by atoms with E-state index in [1.165, 1.54) is 44.9 Å². The van der Waals surface area contributed by atoms with Gasteiger partial charge in [-0.1, -0.05) is 58.8 Å². The highest BCUT2D eigenvalue weighted by atomic mass is 35.5. The largest absolute Gasteiger partial charge is 0.462 e. The second kappa shape index (κ2) is 16.1. The van der Waals surface area contributed by atoms with Crippen LogP contribution < -0.4 is 0 Å². The summed E-state index contributed by atoms with van der Waals surface area (Å²) < 4.78 is 5.60. The fraction of sp³-hybridized carbons (Fsp3) is 0.944. The third-order valence-corrected chi connectivity index (χ3v) is 4.07. The molecule has 126 valence electrons. The number of ether oxygens (including phenoxy) is 1. The van der Waals surface area contributed by atoms with Crippen LogP contribution >= 0.6 is 11.6 Å². The Balaban J connectivity index is 3.68. The third-order valence-electron chi connectivity index (χ3n) is 3.80. The van der Waals surface area contributed by atoms with Gasteiger partial charge >= 0.3 is 5.97 Å². The normalized spacial score (nSPS) is 12.3. The van der Waals surface area contributed by atoms with E-state index < -0.39 is 0 Å². The van der Waals surface area contributed by atoms with Crippen LogP contribution in [-0.2, 0) is 9.53 Å². The van der Waals surface area contributed by atoms with Crippen LogP contribution in [-0.4, -0.2) is 18.0 Å². The Bertz CT molecular complexity index is 231. The van der Waals surface area contributed by atoms with Crippen molar-refractivity contribution >= 4 is 17.6 Å². The minimum Gasteiger partial charge on any atom is -0.462 e. The number of esters is 1. The maximum Gasteiger partial charge on any atom is 0.306 e. The van der Waals surface area contributed by atoms with Gasteiger partial charge in [-0.25, -0.2) is 0 Å². The Morgan fingerprint density at radius 3 is 2.14 bits per heavy atom. The van der Waals surface area contributed by atoms with E-state index in [4.69, 9.17) is 16.3 Å². The first-order chi connectivity index (χ1) is 10.2. The molecule has 21 heavy (non-hydrogen) atoms. The molecule has 0 aromatic heterocycles. The first-order valence-corrected chi connectivity index (χ1v) is 9.53. The Morgan fingerprint density at radius 1 is 0.857 bits per heavy atom. The molecule has 0 aromatic rings. The number of carbonyl (C=O) groups excluding carboxylic acids is 1. The molecule has 1 atom stereocenters. The van der Waals surface area contributed by atoms with E-state index in [0.717, 1.165) is 32.1 Å². The third kappa shape index (κ3) is 14.5. The summed E-state index contributed by atoms with van der Waals surface area (Å²) in [5.41, 5.74) is 0. The van der Waals surface area contributed by atoms with Crippen molar-refractivity contribution < 1.29 is 9.53 Å². The van der Waals surface area contributed by atoms with E-state index in [2.05, 4.69) is 13.8 Å². The smallest absolute Gasteiger partial charge is 0.306 e. The molecule has 0 heterocycles. The summed E-state index contributed by atoms with van der Waals surface area (Å²) >= 11 is 5.62. The van der Waals surface area contributed by atoms with Crippen LogP contribution in [0, 0.1) is 0 Å². The number of rotatable bonds is 15. The molecule has 0 N–H and O–H groups in total. The number of hydrogen-bond donors (Lipinski definition) is 0. The lowest BCUT2D eigenvalue weighted by Crippen LogP contribution is -2.18. The second-order valence-electron chi connectivity index (χ2n) is 5.96.